The molecular weight excluding hydrogens is 358 g/mol. The lowest BCUT2D eigenvalue weighted by Gasteiger charge is -2.05. The minimum atomic E-state index is -0.720. The Kier molecular flexibility index (Phi) is 3.87. The zero-order chi connectivity index (χ0) is 15.0. The van der Waals surface area contributed by atoms with E-state index in [1.165, 1.54) is 17.4 Å². The maximum absolute atomic E-state index is 13.9. The van der Waals surface area contributed by atoms with Crippen LogP contribution in [0.5, 0.6) is 0 Å². The Balaban J connectivity index is 1.99. The summed E-state index contributed by atoms with van der Waals surface area (Å²) in [6.45, 7) is 0. The van der Waals surface area contributed by atoms with Crippen molar-refractivity contribution in [2.75, 3.05) is 0 Å². The molecular formula is C16H9BrF2OS. The smallest absolute Gasteiger partial charge is 0.168 e. The van der Waals surface area contributed by atoms with Crippen LogP contribution < -0.4 is 0 Å². The van der Waals surface area contributed by atoms with Crippen molar-refractivity contribution >= 4 is 43.1 Å². The lowest BCUT2D eigenvalue weighted by atomic mass is 10.0. The predicted molar refractivity (Wildman–Crippen MR) is 83.9 cm³/mol. The van der Waals surface area contributed by atoms with E-state index in [0.29, 0.717) is 5.56 Å². The second kappa shape index (κ2) is 5.66. The third kappa shape index (κ3) is 2.63. The van der Waals surface area contributed by atoms with E-state index in [-0.39, 0.29) is 22.2 Å². The van der Waals surface area contributed by atoms with E-state index in [0.717, 1.165) is 16.2 Å². The molecule has 21 heavy (non-hydrogen) atoms. The van der Waals surface area contributed by atoms with Crippen molar-refractivity contribution in [3.63, 3.8) is 0 Å². The van der Waals surface area contributed by atoms with Crippen LogP contribution in [0.25, 0.3) is 10.1 Å². The summed E-state index contributed by atoms with van der Waals surface area (Å²) in [5.74, 6) is -1.71. The maximum Gasteiger partial charge on any atom is 0.168 e. The summed E-state index contributed by atoms with van der Waals surface area (Å²) in [5.41, 5.74) is 0.305. The maximum atomic E-state index is 13.9. The highest BCUT2D eigenvalue weighted by molar-refractivity contribution is 9.10. The average Bonchev–Trinajstić information content (AvgIpc) is 2.91. The van der Waals surface area contributed by atoms with Gasteiger partial charge in [-0.15, -0.1) is 11.3 Å². The minimum Gasteiger partial charge on any atom is -0.294 e. The van der Waals surface area contributed by atoms with Crippen LogP contribution in [0.1, 0.15) is 15.9 Å². The first-order chi connectivity index (χ1) is 10.1. The highest BCUT2D eigenvalue weighted by atomic mass is 79.9. The van der Waals surface area contributed by atoms with Gasteiger partial charge < -0.3 is 0 Å². The molecule has 2 aromatic carbocycles. The van der Waals surface area contributed by atoms with Crippen LogP contribution in [0.3, 0.4) is 0 Å². The number of rotatable bonds is 3. The quantitative estimate of drug-likeness (QED) is 0.450. The van der Waals surface area contributed by atoms with E-state index >= 15 is 0 Å². The standard InChI is InChI=1S/C16H9BrF2OS/c17-12-5-6-13(18)10(16(12)19)7-14(20)11-8-21-15-4-2-1-3-9(11)15/h1-6,8H,7H2. The van der Waals surface area contributed by atoms with Crippen molar-refractivity contribution in [3.05, 3.63) is 69.0 Å². The number of fused-ring (bicyclic) bond motifs is 1. The van der Waals surface area contributed by atoms with Gasteiger partial charge >= 0.3 is 0 Å². The number of carbonyl (C=O) groups is 1. The molecule has 0 saturated heterocycles. The van der Waals surface area contributed by atoms with E-state index in [4.69, 9.17) is 0 Å². The van der Waals surface area contributed by atoms with Gasteiger partial charge in [0.05, 0.1) is 4.47 Å². The number of hydrogen-bond acceptors (Lipinski definition) is 2. The van der Waals surface area contributed by atoms with Gasteiger partial charge in [-0.3, -0.25) is 4.79 Å². The molecule has 0 aliphatic heterocycles. The highest BCUT2D eigenvalue weighted by Gasteiger charge is 2.19. The molecule has 106 valence electrons. The van der Waals surface area contributed by atoms with Crippen molar-refractivity contribution in [3.8, 4) is 0 Å². The van der Waals surface area contributed by atoms with E-state index in [1.54, 1.807) is 5.38 Å². The number of halogens is 3. The Bertz CT molecular complexity index is 841. The molecule has 0 amide bonds. The Labute approximate surface area is 132 Å². The van der Waals surface area contributed by atoms with Gasteiger partial charge in [0, 0.05) is 33.0 Å². The lowest BCUT2D eigenvalue weighted by Crippen LogP contribution is -2.07. The third-order valence-corrected chi connectivity index (χ3v) is 4.83. The molecule has 0 aliphatic rings. The van der Waals surface area contributed by atoms with Gasteiger partial charge in [-0.25, -0.2) is 8.78 Å². The molecule has 0 unspecified atom stereocenters. The number of hydrogen-bond donors (Lipinski definition) is 0. The van der Waals surface area contributed by atoms with Crippen molar-refractivity contribution in [1.82, 2.24) is 0 Å². The number of Topliss-reactive ketones (excluding diaryl/α,β-unsaturated/α-hetero) is 1. The Morgan fingerprint density at radius 3 is 2.71 bits per heavy atom. The zero-order valence-corrected chi connectivity index (χ0v) is 13.1. The molecule has 0 spiro atoms. The molecule has 0 saturated carbocycles. The number of benzene rings is 2. The summed E-state index contributed by atoms with van der Waals surface area (Å²) >= 11 is 4.45. The molecule has 3 aromatic rings. The van der Waals surface area contributed by atoms with Crippen LogP contribution in [0, 0.1) is 11.6 Å². The molecule has 1 aromatic heterocycles. The SMILES string of the molecule is O=C(Cc1c(F)ccc(Br)c1F)c1csc2ccccc12. The van der Waals surface area contributed by atoms with Crippen molar-refractivity contribution in [2.45, 2.75) is 6.42 Å². The second-order valence-electron chi connectivity index (χ2n) is 4.57. The van der Waals surface area contributed by atoms with Crippen LogP contribution in [-0.2, 0) is 6.42 Å². The first-order valence-corrected chi connectivity index (χ1v) is 7.87. The van der Waals surface area contributed by atoms with Gasteiger partial charge in [0.25, 0.3) is 0 Å². The molecule has 3 rings (SSSR count). The summed E-state index contributed by atoms with van der Waals surface area (Å²) in [6, 6.07) is 9.93. The Morgan fingerprint density at radius 2 is 1.90 bits per heavy atom. The van der Waals surface area contributed by atoms with E-state index < -0.39 is 11.6 Å². The first kappa shape index (κ1) is 14.4. The van der Waals surface area contributed by atoms with Crippen LogP contribution in [0.4, 0.5) is 8.78 Å². The van der Waals surface area contributed by atoms with Crippen LogP contribution in [-0.4, -0.2) is 5.78 Å². The Hall–Kier alpha value is -1.59. The highest BCUT2D eigenvalue weighted by Crippen LogP contribution is 2.28. The number of carbonyl (C=O) groups excluding carboxylic acids is 1. The average molecular weight is 367 g/mol. The normalized spacial score (nSPS) is 11.0. The van der Waals surface area contributed by atoms with Crippen molar-refractivity contribution < 1.29 is 13.6 Å². The Morgan fingerprint density at radius 1 is 1.14 bits per heavy atom. The molecule has 0 bridgehead atoms. The first-order valence-electron chi connectivity index (χ1n) is 6.19. The number of thiophene rings is 1. The molecule has 0 radical (unpaired) electrons. The minimum absolute atomic E-state index is 0.155. The van der Waals surface area contributed by atoms with Gasteiger partial charge in [-0.05, 0) is 34.1 Å². The summed E-state index contributed by atoms with van der Waals surface area (Å²) in [6.07, 6.45) is -0.294. The van der Waals surface area contributed by atoms with Gasteiger partial charge in [0.2, 0.25) is 0 Å². The van der Waals surface area contributed by atoms with E-state index in [1.807, 2.05) is 24.3 Å². The van der Waals surface area contributed by atoms with Crippen LogP contribution >= 0.6 is 27.3 Å². The second-order valence-corrected chi connectivity index (χ2v) is 6.33. The number of ketones is 1. The molecule has 0 atom stereocenters. The zero-order valence-electron chi connectivity index (χ0n) is 10.7. The third-order valence-electron chi connectivity index (χ3n) is 3.26. The molecule has 1 heterocycles. The fourth-order valence-electron chi connectivity index (χ4n) is 2.18. The summed E-state index contributed by atoms with van der Waals surface area (Å²) in [4.78, 5) is 12.4. The summed E-state index contributed by atoms with van der Waals surface area (Å²) < 4.78 is 28.8. The largest absolute Gasteiger partial charge is 0.294 e. The monoisotopic (exact) mass is 366 g/mol. The topological polar surface area (TPSA) is 17.1 Å². The summed E-state index contributed by atoms with van der Waals surface area (Å²) in [5, 5.41) is 2.56. The van der Waals surface area contributed by atoms with Crippen LogP contribution in [0.2, 0.25) is 0 Å². The lowest BCUT2D eigenvalue weighted by molar-refractivity contribution is 0.0992. The van der Waals surface area contributed by atoms with E-state index in [2.05, 4.69) is 15.9 Å². The van der Waals surface area contributed by atoms with Crippen molar-refractivity contribution in [2.24, 2.45) is 0 Å². The molecule has 0 aliphatic carbocycles. The fraction of sp³-hybridized carbons (Fsp3) is 0.0625. The molecule has 0 N–H and O–H groups in total. The van der Waals surface area contributed by atoms with E-state index in [9.17, 15) is 13.6 Å². The van der Waals surface area contributed by atoms with Crippen molar-refractivity contribution in [1.29, 1.82) is 0 Å². The molecule has 0 fully saturated rings. The molecule has 5 heteroatoms. The van der Waals surface area contributed by atoms with Crippen LogP contribution in [0.15, 0.2) is 46.3 Å². The fourth-order valence-corrected chi connectivity index (χ4v) is 3.52. The van der Waals surface area contributed by atoms with Gasteiger partial charge in [-0.1, -0.05) is 18.2 Å². The molecule has 1 nitrogen and oxygen atoms in total. The predicted octanol–water partition coefficient (Wildman–Crippen LogP) is 5.37. The van der Waals surface area contributed by atoms with Gasteiger partial charge in [0.15, 0.2) is 5.78 Å². The van der Waals surface area contributed by atoms with Gasteiger partial charge in [0.1, 0.15) is 11.6 Å². The summed E-state index contributed by atoms with van der Waals surface area (Å²) in [7, 11) is 0. The van der Waals surface area contributed by atoms with Gasteiger partial charge in [-0.2, -0.15) is 0 Å².